The van der Waals surface area contributed by atoms with E-state index in [1.807, 2.05) is 53.7 Å². The lowest BCUT2D eigenvalue weighted by Crippen LogP contribution is -2.24. The topological polar surface area (TPSA) is 33.2 Å². The number of carbonyl (C=O) groups is 1. The molecule has 0 amide bonds. The number of hydrogen-bond acceptors (Lipinski definition) is 3. The molecule has 0 spiro atoms. The molecule has 4 heteroatoms. The van der Waals surface area contributed by atoms with E-state index in [1.54, 1.807) is 12.4 Å². The van der Waals surface area contributed by atoms with E-state index >= 15 is 0 Å². The highest BCUT2D eigenvalue weighted by molar-refractivity contribution is 14.1. The third-order valence-electron chi connectivity index (χ3n) is 1.73. The molecule has 0 fully saturated rings. The predicted octanol–water partition coefficient (Wildman–Crippen LogP) is 1.65. The van der Waals surface area contributed by atoms with Gasteiger partial charge in [-0.15, -0.1) is 0 Å². The molecule has 0 bridgehead atoms. The zero-order valence-electron chi connectivity index (χ0n) is 7.57. The fourth-order valence-electron chi connectivity index (χ4n) is 1.17. The summed E-state index contributed by atoms with van der Waals surface area (Å²) >= 11 is 1.81. The largest absolute Gasteiger partial charge is 0.295 e. The molecule has 1 aromatic rings. The number of aromatic nitrogens is 1. The zero-order chi connectivity index (χ0) is 9.84. The van der Waals surface area contributed by atoms with Crippen LogP contribution in [0.25, 0.3) is 0 Å². The first-order valence-corrected chi connectivity index (χ1v) is 4.96. The summed E-state index contributed by atoms with van der Waals surface area (Å²) in [6.07, 6.45) is 3.43. The summed E-state index contributed by atoms with van der Waals surface area (Å²) < 4.78 is 0.107. The van der Waals surface area contributed by atoms with Crippen molar-refractivity contribution in [2.24, 2.45) is 0 Å². The Labute approximate surface area is 91.3 Å². The molecule has 0 aliphatic rings. The number of hydrogen-bond donors (Lipinski definition) is 0. The summed E-state index contributed by atoms with van der Waals surface area (Å²) in [6.45, 7) is 0. The fraction of sp³-hybridized carbons (Fsp3) is 0.333. The minimum Gasteiger partial charge on any atom is -0.295 e. The Bertz CT molecular complexity index is 287. The standard InChI is InChI=1S/C9H11IN2O/c1-12(2)8(9(10)13)7-4-3-5-11-6-7/h3-6,8H,1-2H3. The summed E-state index contributed by atoms with van der Waals surface area (Å²) in [6, 6.07) is 3.56. The average molecular weight is 290 g/mol. The molecule has 0 aliphatic carbocycles. The summed E-state index contributed by atoms with van der Waals surface area (Å²) in [5, 5.41) is 0. The van der Waals surface area contributed by atoms with E-state index in [-0.39, 0.29) is 9.83 Å². The fourth-order valence-corrected chi connectivity index (χ4v) is 2.09. The van der Waals surface area contributed by atoms with Gasteiger partial charge in [0.25, 0.3) is 0 Å². The summed E-state index contributed by atoms with van der Waals surface area (Å²) in [7, 11) is 3.77. The molecule has 1 rings (SSSR count). The molecule has 1 heterocycles. The number of carbonyl (C=O) groups excluding carboxylic acids is 1. The van der Waals surface area contributed by atoms with E-state index in [1.165, 1.54) is 0 Å². The Hall–Kier alpha value is -0.490. The lowest BCUT2D eigenvalue weighted by molar-refractivity contribution is -0.113. The second-order valence-corrected chi connectivity index (χ2v) is 4.02. The van der Waals surface area contributed by atoms with E-state index in [0.717, 1.165) is 5.56 Å². The first kappa shape index (κ1) is 10.6. The minimum absolute atomic E-state index is 0.107. The van der Waals surface area contributed by atoms with Crippen molar-refractivity contribution in [3.63, 3.8) is 0 Å². The molecule has 0 aromatic carbocycles. The van der Waals surface area contributed by atoms with Crippen LogP contribution in [0.5, 0.6) is 0 Å². The molecule has 1 atom stereocenters. The third kappa shape index (κ3) is 2.73. The minimum atomic E-state index is -0.186. The number of pyridine rings is 1. The Balaban J connectivity index is 2.96. The predicted molar refractivity (Wildman–Crippen MR) is 59.7 cm³/mol. The average Bonchev–Trinajstić information content (AvgIpc) is 2.04. The molecule has 1 aromatic heterocycles. The van der Waals surface area contributed by atoms with E-state index in [9.17, 15) is 4.79 Å². The monoisotopic (exact) mass is 290 g/mol. The van der Waals surface area contributed by atoms with Crippen LogP contribution in [-0.2, 0) is 4.79 Å². The quantitative estimate of drug-likeness (QED) is 0.627. The number of likely N-dealkylation sites (N-methyl/N-ethyl adjacent to an activating group) is 1. The van der Waals surface area contributed by atoms with Crippen molar-refractivity contribution in [3.8, 4) is 0 Å². The maximum Gasteiger partial charge on any atom is 0.213 e. The van der Waals surface area contributed by atoms with E-state index < -0.39 is 0 Å². The van der Waals surface area contributed by atoms with Gasteiger partial charge in [-0.25, -0.2) is 0 Å². The van der Waals surface area contributed by atoms with Crippen molar-refractivity contribution in [2.75, 3.05) is 14.1 Å². The Kier molecular flexibility index (Phi) is 3.80. The van der Waals surface area contributed by atoms with Gasteiger partial charge in [-0.05, 0) is 25.7 Å². The molecule has 0 radical (unpaired) electrons. The summed E-state index contributed by atoms with van der Waals surface area (Å²) in [5.41, 5.74) is 0.937. The van der Waals surface area contributed by atoms with E-state index in [4.69, 9.17) is 0 Å². The van der Waals surface area contributed by atoms with Gasteiger partial charge >= 0.3 is 0 Å². The second kappa shape index (κ2) is 4.66. The maximum absolute atomic E-state index is 11.3. The van der Waals surface area contributed by atoms with Gasteiger partial charge in [0.15, 0.2) is 0 Å². The first-order valence-electron chi connectivity index (χ1n) is 3.88. The van der Waals surface area contributed by atoms with E-state index in [0.29, 0.717) is 0 Å². The van der Waals surface area contributed by atoms with Crippen molar-refractivity contribution >= 4 is 26.4 Å². The highest BCUT2D eigenvalue weighted by Crippen LogP contribution is 2.20. The normalized spacial score (nSPS) is 12.9. The van der Waals surface area contributed by atoms with Crippen LogP contribution in [-0.4, -0.2) is 27.8 Å². The molecular formula is C9H11IN2O. The van der Waals surface area contributed by atoms with Crippen LogP contribution in [0.15, 0.2) is 24.5 Å². The van der Waals surface area contributed by atoms with Gasteiger partial charge in [-0.1, -0.05) is 6.07 Å². The molecule has 0 N–H and O–H groups in total. The van der Waals surface area contributed by atoms with Crippen LogP contribution in [0, 0.1) is 0 Å². The molecule has 3 nitrogen and oxygen atoms in total. The molecule has 0 saturated carbocycles. The summed E-state index contributed by atoms with van der Waals surface area (Å²) in [4.78, 5) is 17.2. The van der Waals surface area contributed by atoms with Crippen molar-refractivity contribution in [1.29, 1.82) is 0 Å². The van der Waals surface area contributed by atoms with Gasteiger partial charge in [0, 0.05) is 35.0 Å². The number of nitrogens with zero attached hydrogens (tertiary/aromatic N) is 2. The lowest BCUT2D eigenvalue weighted by Gasteiger charge is -2.20. The summed E-state index contributed by atoms with van der Waals surface area (Å²) in [5.74, 6) is 0. The Morgan fingerprint density at radius 1 is 1.62 bits per heavy atom. The molecule has 70 valence electrons. The Morgan fingerprint density at radius 3 is 2.69 bits per heavy atom. The van der Waals surface area contributed by atoms with Gasteiger partial charge in [-0.2, -0.15) is 0 Å². The maximum atomic E-state index is 11.3. The SMILES string of the molecule is CN(C)C(C(=O)I)c1cccnc1. The van der Waals surface area contributed by atoms with Crippen molar-refractivity contribution in [1.82, 2.24) is 9.88 Å². The van der Waals surface area contributed by atoms with Crippen LogP contribution in [0.4, 0.5) is 0 Å². The molecular weight excluding hydrogens is 279 g/mol. The molecule has 1 unspecified atom stereocenters. The van der Waals surface area contributed by atoms with Gasteiger partial charge in [0.2, 0.25) is 3.79 Å². The van der Waals surface area contributed by atoms with E-state index in [2.05, 4.69) is 4.98 Å². The zero-order valence-corrected chi connectivity index (χ0v) is 9.72. The van der Waals surface area contributed by atoms with Crippen molar-refractivity contribution < 1.29 is 4.79 Å². The van der Waals surface area contributed by atoms with Crippen LogP contribution in [0.2, 0.25) is 0 Å². The first-order chi connectivity index (χ1) is 6.13. The van der Waals surface area contributed by atoms with Crippen LogP contribution in [0.1, 0.15) is 11.6 Å². The molecule has 0 saturated heterocycles. The highest BCUT2D eigenvalue weighted by atomic mass is 127. The van der Waals surface area contributed by atoms with Crippen LogP contribution in [0.3, 0.4) is 0 Å². The highest BCUT2D eigenvalue weighted by Gasteiger charge is 2.19. The smallest absolute Gasteiger partial charge is 0.213 e. The Morgan fingerprint density at radius 2 is 2.31 bits per heavy atom. The van der Waals surface area contributed by atoms with Gasteiger partial charge in [-0.3, -0.25) is 14.7 Å². The van der Waals surface area contributed by atoms with Crippen LogP contribution >= 0.6 is 22.6 Å². The van der Waals surface area contributed by atoms with Gasteiger partial charge in [0.1, 0.15) is 6.04 Å². The van der Waals surface area contributed by atoms with Gasteiger partial charge in [0.05, 0.1) is 0 Å². The third-order valence-corrected chi connectivity index (χ3v) is 2.32. The second-order valence-electron chi connectivity index (χ2n) is 2.96. The number of rotatable bonds is 3. The van der Waals surface area contributed by atoms with Crippen LogP contribution < -0.4 is 0 Å². The number of halogens is 1. The van der Waals surface area contributed by atoms with Crippen molar-refractivity contribution in [3.05, 3.63) is 30.1 Å². The molecule has 13 heavy (non-hydrogen) atoms. The van der Waals surface area contributed by atoms with Gasteiger partial charge < -0.3 is 0 Å². The van der Waals surface area contributed by atoms with Crippen molar-refractivity contribution in [2.45, 2.75) is 6.04 Å². The lowest BCUT2D eigenvalue weighted by atomic mass is 10.1. The molecule has 0 aliphatic heterocycles.